The minimum atomic E-state index is 0.701. The molecule has 20 rings (SSSR count). The molecule has 132 heavy (non-hydrogen) atoms. The van der Waals surface area contributed by atoms with Gasteiger partial charge in [0.05, 0.1) is 46.5 Å². The van der Waals surface area contributed by atoms with Crippen molar-refractivity contribution in [3.63, 3.8) is 0 Å². The number of nitrogens with zero attached hydrogens (tertiary/aromatic N) is 9. The molecule has 24 heteroatoms. The topological polar surface area (TPSA) is 190 Å². The van der Waals surface area contributed by atoms with E-state index >= 15 is 0 Å². The number of aromatic nitrogens is 7. The summed E-state index contributed by atoms with van der Waals surface area (Å²) in [4.78, 5) is 36.8. The van der Waals surface area contributed by atoms with Gasteiger partial charge in [-0.15, -0.1) is 79.4 Å². The van der Waals surface area contributed by atoms with E-state index in [2.05, 4.69) is 343 Å². The first-order valence-corrected chi connectivity index (χ1v) is 49.6. The Labute approximate surface area is 802 Å². The van der Waals surface area contributed by atoms with E-state index in [0.29, 0.717) is 6.61 Å². The highest BCUT2D eigenvalue weighted by molar-refractivity contribution is 7.15. The normalized spacial score (nSPS) is 11.4. The summed E-state index contributed by atoms with van der Waals surface area (Å²) in [5, 5.41) is 43.9. The summed E-state index contributed by atoms with van der Waals surface area (Å²) in [5.41, 5.74) is 25.9. The highest BCUT2D eigenvalue weighted by Crippen LogP contribution is 2.34. The number of ether oxygens (including phenoxy) is 1. The molecule has 0 atom stereocenters. The lowest BCUT2D eigenvalue weighted by Crippen LogP contribution is -2.43. The summed E-state index contributed by atoms with van der Waals surface area (Å²) in [6.07, 6.45) is 0.939. The van der Waals surface area contributed by atoms with Crippen molar-refractivity contribution in [2.75, 3.05) is 97.7 Å². The van der Waals surface area contributed by atoms with Gasteiger partial charge in [0, 0.05) is 153 Å². The summed E-state index contributed by atoms with van der Waals surface area (Å²) in [6, 6.07) is 113. The zero-order chi connectivity index (χ0) is 91.1. The van der Waals surface area contributed by atoms with Crippen LogP contribution in [0.5, 0.6) is 5.75 Å². The van der Waals surface area contributed by atoms with Gasteiger partial charge in [0.15, 0.2) is 35.9 Å². The molecule has 1 fully saturated rings. The fourth-order valence-corrected chi connectivity index (χ4v) is 18.2. The molecule has 8 heterocycles. The average molecular weight is 1870 g/mol. The van der Waals surface area contributed by atoms with Crippen LogP contribution in [0.4, 0.5) is 58.7 Å². The molecule has 12 aromatic carbocycles. The molecule has 7 aromatic heterocycles. The number of hydrogen-bond donors (Lipinski definition) is 7. The minimum Gasteiger partial charge on any atom is -0.494 e. The molecule has 0 saturated carbocycles. The Morgan fingerprint density at radius 2 is 0.508 bits per heavy atom. The number of likely N-dealkylation sites (N-methyl/N-ethyl adjacent to an activating group) is 1. The van der Waals surface area contributed by atoms with E-state index in [1.165, 1.54) is 38.9 Å². The van der Waals surface area contributed by atoms with Gasteiger partial charge in [0.1, 0.15) is 5.75 Å². The van der Waals surface area contributed by atoms with Gasteiger partial charge in [0.2, 0.25) is 0 Å². The maximum atomic E-state index is 5.72. The molecular weight excluding hydrogens is 1760 g/mol. The fraction of sp³-hybridized carbons (Fsp3) is 0.139. The maximum Gasteiger partial charge on any atom is 0.187 e. The molecule has 0 aliphatic carbocycles. The predicted octanol–water partition coefficient (Wildman–Crippen LogP) is 29.6. The van der Waals surface area contributed by atoms with Crippen molar-refractivity contribution in [2.45, 2.75) is 40.7 Å². The first-order valence-electron chi connectivity index (χ1n) is 43.4. The van der Waals surface area contributed by atoms with Crippen molar-refractivity contribution in [2.24, 2.45) is 0 Å². The second-order valence-electron chi connectivity index (χ2n) is 30.6. The van der Waals surface area contributed by atoms with Gasteiger partial charge >= 0.3 is 0 Å². The Balaban J connectivity index is 0.000000125. The lowest BCUT2D eigenvalue weighted by Gasteiger charge is -2.32. The molecule has 0 unspecified atom stereocenters. The number of rotatable bonds is 25. The Bertz CT molecular complexity index is 6110. The summed E-state index contributed by atoms with van der Waals surface area (Å²) in [6.45, 7) is 15.5. The van der Waals surface area contributed by atoms with E-state index in [-0.39, 0.29) is 0 Å². The van der Waals surface area contributed by atoms with Crippen molar-refractivity contribution in [1.82, 2.24) is 44.7 Å². The summed E-state index contributed by atoms with van der Waals surface area (Å²) in [5.74, 6) is 0.927. The van der Waals surface area contributed by atoms with Crippen LogP contribution in [-0.2, 0) is 6.54 Å². The molecule has 0 amide bonds. The minimum absolute atomic E-state index is 0.701. The van der Waals surface area contributed by atoms with E-state index in [1.54, 1.807) is 79.4 Å². The van der Waals surface area contributed by atoms with Crippen LogP contribution >= 0.6 is 79.4 Å². The molecule has 19 aromatic rings. The highest BCUT2D eigenvalue weighted by Gasteiger charge is 2.16. The molecule has 7 N–H and O–H groups in total. The van der Waals surface area contributed by atoms with Gasteiger partial charge in [-0.2, -0.15) is 0 Å². The molecule has 17 nitrogen and oxygen atoms in total. The third-order valence-electron chi connectivity index (χ3n) is 20.4. The van der Waals surface area contributed by atoms with Crippen LogP contribution in [0.15, 0.2) is 371 Å². The largest absolute Gasteiger partial charge is 0.494 e. The van der Waals surface area contributed by atoms with Crippen LogP contribution in [0, 0.1) is 27.7 Å². The summed E-state index contributed by atoms with van der Waals surface area (Å²) < 4.78 is 5.72. The van der Waals surface area contributed by atoms with Gasteiger partial charge < -0.3 is 46.9 Å². The second kappa shape index (κ2) is 50.5. The average Bonchev–Trinajstić information content (AvgIpc) is 1.70. The van der Waals surface area contributed by atoms with Gasteiger partial charge in [0.25, 0.3) is 0 Å². The molecule has 1 aliphatic rings. The van der Waals surface area contributed by atoms with Crippen molar-refractivity contribution in [3.8, 4) is 84.6 Å². The first-order chi connectivity index (χ1) is 64.8. The molecule has 0 spiro atoms. The van der Waals surface area contributed by atoms with Crippen LogP contribution in [0.3, 0.4) is 0 Å². The number of piperazine rings is 1. The standard InChI is InChI=1S/C21H24N4S.C19H20N2OS.3C16H14N2S.2C10H10N2S/c1-24-11-13-25(14-12-24)15-17-7-9-19(10-8-17)22-21-23-20(16-26-21)18-5-3-2-4-6-18;1-15-8-10-17(11-9-15)22-13-5-12-20-19-21-18(14-23-19)16-6-3-2-4-7-16;3*1-12-7-9-14(10-8-12)17-16-18-15(11-19-16)13-5-3-2-4-6-13;2*1-11-10-12-9(7-13-10)8-5-3-2-4-6-8/h2-10,16H,11-15H2,1H3,(H,22,23);2-4,6-11,14H,5,12-13H2,1H3,(H,20,21);3*2-11H,1H3,(H,17,18);2*2-7H,1H3,(H,11,12). The van der Waals surface area contributed by atoms with Crippen molar-refractivity contribution < 1.29 is 4.74 Å². The Hall–Kier alpha value is -13.6. The molecule has 666 valence electrons. The van der Waals surface area contributed by atoms with E-state index in [4.69, 9.17) is 9.72 Å². The van der Waals surface area contributed by atoms with E-state index in [0.717, 1.165) is 178 Å². The third-order valence-corrected chi connectivity index (χ3v) is 26.0. The zero-order valence-electron chi connectivity index (χ0n) is 74.7. The van der Waals surface area contributed by atoms with Crippen molar-refractivity contribution >= 4 is 138 Å². The number of hydrogen-bond acceptors (Lipinski definition) is 24. The number of anilines is 11. The maximum absolute atomic E-state index is 5.72. The second-order valence-corrected chi connectivity index (χ2v) is 36.7. The zero-order valence-corrected chi connectivity index (χ0v) is 80.5. The van der Waals surface area contributed by atoms with E-state index in [1.807, 2.05) is 154 Å². The number of aryl methyl sites for hydroxylation is 4. The molecule has 1 saturated heterocycles. The van der Waals surface area contributed by atoms with Crippen LogP contribution < -0.4 is 42.0 Å². The highest BCUT2D eigenvalue weighted by atomic mass is 32.1. The van der Waals surface area contributed by atoms with Gasteiger partial charge in [-0.3, -0.25) is 4.90 Å². The molecule has 1 aliphatic heterocycles. The Kier molecular flexibility index (Phi) is 36.2. The third kappa shape index (κ3) is 30.5. The van der Waals surface area contributed by atoms with Gasteiger partial charge in [-0.25, -0.2) is 34.9 Å². The monoisotopic (exact) mass is 1870 g/mol. The Morgan fingerprint density at radius 3 is 0.773 bits per heavy atom. The van der Waals surface area contributed by atoms with Crippen LogP contribution in [-0.4, -0.2) is 105 Å². The lowest BCUT2D eigenvalue weighted by molar-refractivity contribution is 0.148. The summed E-state index contributed by atoms with van der Waals surface area (Å²) in [7, 11) is 5.96. The molecule has 0 radical (unpaired) electrons. The lowest BCUT2D eigenvalue weighted by atomic mass is 10.2. The SMILES string of the molecule is CN1CCN(Cc2ccc(Nc3nc(-c4ccccc4)cs3)cc2)CC1.CNc1nc(-c2ccccc2)cs1.CNc1nc(-c2ccccc2)cs1.Cc1ccc(Nc2nc(-c3ccccc3)cs2)cc1.Cc1ccc(Nc2nc(-c3ccccc3)cs2)cc1.Cc1ccc(Nc2nc(-c3ccccc3)cs2)cc1.Cc1ccc(OCCCNc2nc(-c3ccccc3)cs2)cc1. The van der Waals surface area contributed by atoms with Crippen LogP contribution in [0.1, 0.15) is 34.2 Å². The van der Waals surface area contributed by atoms with Crippen molar-refractivity contribution in [3.05, 3.63) is 399 Å². The fourth-order valence-electron chi connectivity index (χ4n) is 13.1. The molecular formula is C108H106N16OS7. The quantitative estimate of drug-likeness (QED) is 0.0267. The van der Waals surface area contributed by atoms with Gasteiger partial charge in [-0.05, 0) is 107 Å². The number of benzene rings is 12. The number of thiazole rings is 7. The first kappa shape index (κ1) is 94.5. The Morgan fingerprint density at radius 1 is 0.273 bits per heavy atom. The van der Waals surface area contributed by atoms with E-state index < -0.39 is 0 Å². The van der Waals surface area contributed by atoms with Crippen LogP contribution in [0.25, 0.3) is 78.8 Å². The van der Waals surface area contributed by atoms with Crippen LogP contribution in [0.2, 0.25) is 0 Å². The number of nitrogens with one attached hydrogen (secondary N) is 7. The van der Waals surface area contributed by atoms with Gasteiger partial charge in [-0.1, -0.05) is 295 Å². The van der Waals surface area contributed by atoms with Crippen molar-refractivity contribution in [1.29, 1.82) is 0 Å². The van der Waals surface area contributed by atoms with E-state index in [9.17, 15) is 0 Å². The molecule has 0 bridgehead atoms. The smallest absolute Gasteiger partial charge is 0.187 e. The predicted molar refractivity (Wildman–Crippen MR) is 568 cm³/mol. The summed E-state index contributed by atoms with van der Waals surface area (Å²) >= 11 is 11.4.